The number of nitrogens with one attached hydrogen (secondary N) is 1. The van der Waals surface area contributed by atoms with Gasteiger partial charge < -0.3 is 15.6 Å². The van der Waals surface area contributed by atoms with Crippen LogP contribution in [0.3, 0.4) is 0 Å². The molecular formula is C13H17N5O2. The lowest BCUT2D eigenvalue weighted by Crippen LogP contribution is -2.31. The Morgan fingerprint density at radius 1 is 1.40 bits per heavy atom. The number of pyridine rings is 1. The molecule has 3 N–H and O–H groups in total. The number of nitrogens with two attached hydrogens (primary N) is 1. The summed E-state index contributed by atoms with van der Waals surface area (Å²) in [4.78, 5) is 23.4. The fourth-order valence-electron chi connectivity index (χ4n) is 1.90. The molecule has 0 unspecified atom stereocenters. The van der Waals surface area contributed by atoms with E-state index >= 15 is 0 Å². The number of aryl methyl sites for hydroxylation is 2. The summed E-state index contributed by atoms with van der Waals surface area (Å²) >= 11 is 0. The van der Waals surface area contributed by atoms with Crippen LogP contribution in [0.1, 0.15) is 11.3 Å². The van der Waals surface area contributed by atoms with Gasteiger partial charge in [0.1, 0.15) is 6.54 Å². The molecule has 0 radical (unpaired) electrons. The molecule has 106 valence electrons. The highest BCUT2D eigenvalue weighted by molar-refractivity contribution is 5.75. The number of carbonyl (C=O) groups is 1. The van der Waals surface area contributed by atoms with Crippen LogP contribution in [0, 0.1) is 6.92 Å². The monoisotopic (exact) mass is 275 g/mol. The van der Waals surface area contributed by atoms with Crippen molar-refractivity contribution in [3.63, 3.8) is 0 Å². The first kappa shape index (κ1) is 13.9. The summed E-state index contributed by atoms with van der Waals surface area (Å²) < 4.78 is 2.97. The van der Waals surface area contributed by atoms with Gasteiger partial charge in [0.25, 0.3) is 5.56 Å². The molecule has 2 aromatic rings. The van der Waals surface area contributed by atoms with Gasteiger partial charge >= 0.3 is 0 Å². The number of aromatic nitrogens is 3. The van der Waals surface area contributed by atoms with Crippen LogP contribution < -0.4 is 16.6 Å². The molecule has 7 nitrogen and oxygen atoms in total. The Morgan fingerprint density at radius 2 is 2.15 bits per heavy atom. The van der Waals surface area contributed by atoms with Crippen molar-refractivity contribution in [1.29, 1.82) is 0 Å². The third-order valence-corrected chi connectivity index (χ3v) is 2.91. The molecule has 2 aromatic heterocycles. The van der Waals surface area contributed by atoms with E-state index in [9.17, 15) is 9.59 Å². The van der Waals surface area contributed by atoms with Crippen LogP contribution in [0.2, 0.25) is 0 Å². The summed E-state index contributed by atoms with van der Waals surface area (Å²) in [7, 11) is 1.82. The number of rotatable bonds is 4. The molecule has 0 aromatic carbocycles. The molecule has 1 amide bonds. The Labute approximate surface area is 116 Å². The predicted octanol–water partition coefficient (Wildman–Crippen LogP) is -0.211. The van der Waals surface area contributed by atoms with Crippen molar-refractivity contribution in [3.05, 3.63) is 46.1 Å². The van der Waals surface area contributed by atoms with E-state index in [1.54, 1.807) is 4.68 Å². The van der Waals surface area contributed by atoms with Crippen molar-refractivity contribution in [2.24, 2.45) is 7.05 Å². The first-order valence-corrected chi connectivity index (χ1v) is 6.17. The Kier molecular flexibility index (Phi) is 3.88. The van der Waals surface area contributed by atoms with Crippen LogP contribution in [0.5, 0.6) is 0 Å². The fraction of sp³-hybridized carbons (Fsp3) is 0.308. The van der Waals surface area contributed by atoms with E-state index in [0.29, 0.717) is 12.2 Å². The second-order valence-electron chi connectivity index (χ2n) is 4.62. The van der Waals surface area contributed by atoms with Crippen molar-refractivity contribution in [1.82, 2.24) is 19.7 Å². The molecule has 20 heavy (non-hydrogen) atoms. The highest BCUT2D eigenvalue weighted by atomic mass is 16.2. The smallest absolute Gasteiger partial charge is 0.251 e. The zero-order chi connectivity index (χ0) is 14.7. The maximum Gasteiger partial charge on any atom is 0.251 e. The highest BCUT2D eigenvalue weighted by Gasteiger charge is 2.07. The van der Waals surface area contributed by atoms with Crippen molar-refractivity contribution in [2.75, 3.05) is 5.73 Å². The second-order valence-corrected chi connectivity index (χ2v) is 4.62. The van der Waals surface area contributed by atoms with Crippen LogP contribution in [-0.2, 0) is 24.9 Å². The summed E-state index contributed by atoms with van der Waals surface area (Å²) in [5.74, 6) is -0.249. The molecule has 0 bridgehead atoms. The second kappa shape index (κ2) is 5.60. The highest BCUT2D eigenvalue weighted by Crippen LogP contribution is 2.03. The number of carbonyl (C=O) groups excluding carboxylic acids is 1. The summed E-state index contributed by atoms with van der Waals surface area (Å²) in [5, 5.41) is 6.95. The minimum atomic E-state index is -0.257. The predicted molar refractivity (Wildman–Crippen MR) is 74.9 cm³/mol. The van der Waals surface area contributed by atoms with Crippen LogP contribution in [0.4, 0.5) is 5.69 Å². The number of nitrogen functional groups attached to an aromatic ring is 1. The third-order valence-electron chi connectivity index (χ3n) is 2.91. The minimum absolute atomic E-state index is 0.0524. The number of hydrogen-bond acceptors (Lipinski definition) is 4. The van der Waals surface area contributed by atoms with Gasteiger partial charge in [-0.05, 0) is 13.0 Å². The van der Waals surface area contributed by atoms with Crippen molar-refractivity contribution in [2.45, 2.75) is 20.0 Å². The van der Waals surface area contributed by atoms with Crippen LogP contribution >= 0.6 is 0 Å². The van der Waals surface area contributed by atoms with E-state index in [0.717, 1.165) is 11.3 Å². The zero-order valence-corrected chi connectivity index (χ0v) is 11.5. The standard InChI is InChI=1S/C13H17N5O2/c1-9-10(6-17(2)16-9)5-15-12(19)8-18-7-11(14)3-4-13(18)20/h3-4,6-7H,5,8,14H2,1-2H3,(H,15,19). The normalized spacial score (nSPS) is 10.5. The van der Waals surface area contributed by atoms with Crippen molar-refractivity contribution in [3.8, 4) is 0 Å². The molecule has 0 aliphatic carbocycles. The molecule has 2 heterocycles. The number of amides is 1. The van der Waals surface area contributed by atoms with Gasteiger partial charge in [0.15, 0.2) is 0 Å². The molecule has 0 spiro atoms. The quantitative estimate of drug-likeness (QED) is 0.807. The Balaban J connectivity index is 1.98. The van der Waals surface area contributed by atoms with Crippen LogP contribution in [0.25, 0.3) is 0 Å². The van der Waals surface area contributed by atoms with Gasteiger partial charge in [0, 0.05) is 43.3 Å². The molecular weight excluding hydrogens is 258 g/mol. The summed E-state index contributed by atoms with van der Waals surface area (Å²) in [6.07, 6.45) is 3.31. The van der Waals surface area contributed by atoms with Gasteiger partial charge in [-0.3, -0.25) is 14.3 Å². The van der Waals surface area contributed by atoms with Crippen molar-refractivity contribution >= 4 is 11.6 Å². The third kappa shape index (κ3) is 3.25. The summed E-state index contributed by atoms with van der Waals surface area (Å²) in [6, 6.07) is 2.85. The van der Waals surface area contributed by atoms with E-state index in [2.05, 4.69) is 10.4 Å². The van der Waals surface area contributed by atoms with Gasteiger partial charge in [-0.2, -0.15) is 5.10 Å². The molecule has 0 atom stereocenters. The Bertz CT molecular complexity index is 686. The van der Waals surface area contributed by atoms with Gasteiger partial charge in [0.2, 0.25) is 5.91 Å². The van der Waals surface area contributed by atoms with Crippen LogP contribution in [0.15, 0.2) is 29.3 Å². The van der Waals surface area contributed by atoms with Gasteiger partial charge in [-0.1, -0.05) is 0 Å². The number of anilines is 1. The number of hydrogen-bond donors (Lipinski definition) is 2. The molecule has 7 heteroatoms. The van der Waals surface area contributed by atoms with Crippen LogP contribution in [-0.4, -0.2) is 20.3 Å². The van der Waals surface area contributed by atoms with Gasteiger partial charge in [-0.15, -0.1) is 0 Å². The summed E-state index contributed by atoms with van der Waals surface area (Å²) in [5.41, 5.74) is 7.59. The fourth-order valence-corrected chi connectivity index (χ4v) is 1.90. The average molecular weight is 275 g/mol. The molecule has 2 rings (SSSR count). The Hall–Kier alpha value is -2.57. The molecule has 0 aliphatic heterocycles. The SMILES string of the molecule is Cc1nn(C)cc1CNC(=O)Cn1cc(N)ccc1=O. The molecule has 0 saturated heterocycles. The lowest BCUT2D eigenvalue weighted by molar-refractivity contribution is -0.121. The topological polar surface area (TPSA) is 94.9 Å². The first-order valence-electron chi connectivity index (χ1n) is 6.17. The van der Waals surface area contributed by atoms with E-state index in [4.69, 9.17) is 5.73 Å². The van der Waals surface area contributed by atoms with E-state index in [1.165, 1.54) is 22.9 Å². The molecule has 0 saturated carbocycles. The number of nitrogens with zero attached hydrogens (tertiary/aromatic N) is 3. The zero-order valence-electron chi connectivity index (χ0n) is 11.5. The van der Waals surface area contributed by atoms with Crippen molar-refractivity contribution < 1.29 is 4.79 Å². The lowest BCUT2D eigenvalue weighted by atomic mass is 10.2. The molecule has 0 aliphatic rings. The average Bonchev–Trinajstić information content (AvgIpc) is 2.70. The first-order chi connectivity index (χ1) is 9.45. The maximum absolute atomic E-state index is 11.8. The largest absolute Gasteiger partial charge is 0.398 e. The summed E-state index contributed by atoms with van der Waals surface area (Å²) in [6.45, 7) is 2.21. The molecule has 0 fully saturated rings. The van der Waals surface area contributed by atoms with E-state index < -0.39 is 0 Å². The van der Waals surface area contributed by atoms with E-state index in [1.807, 2.05) is 20.2 Å². The van der Waals surface area contributed by atoms with Gasteiger partial charge in [0.05, 0.1) is 5.69 Å². The minimum Gasteiger partial charge on any atom is -0.398 e. The van der Waals surface area contributed by atoms with Gasteiger partial charge in [-0.25, -0.2) is 0 Å². The lowest BCUT2D eigenvalue weighted by Gasteiger charge is -2.07. The van der Waals surface area contributed by atoms with E-state index in [-0.39, 0.29) is 18.0 Å². The maximum atomic E-state index is 11.8. The Morgan fingerprint density at radius 3 is 2.80 bits per heavy atom.